The standard InChI is InChI=1S/C12H15BrN2O/c1-2-9-6-12(14-7-16)10-5-8(13)3-4-11(10)15-9/h3-5,7,9,12,15H,2,6H2,1H3,(H,14,16). The Kier molecular flexibility index (Phi) is 3.49. The minimum atomic E-state index is 0.121. The number of halogens is 1. The summed E-state index contributed by atoms with van der Waals surface area (Å²) in [5.41, 5.74) is 2.28. The normalized spacial score (nSPS) is 23.1. The zero-order valence-corrected chi connectivity index (χ0v) is 10.8. The van der Waals surface area contributed by atoms with Gasteiger partial charge < -0.3 is 10.6 Å². The molecule has 1 aliphatic heterocycles. The predicted octanol–water partition coefficient (Wildman–Crippen LogP) is 2.83. The summed E-state index contributed by atoms with van der Waals surface area (Å²) in [7, 11) is 0. The molecular formula is C12H15BrN2O. The van der Waals surface area contributed by atoms with E-state index in [9.17, 15) is 4.79 Å². The number of carbonyl (C=O) groups is 1. The van der Waals surface area contributed by atoms with Crippen LogP contribution in [0.4, 0.5) is 5.69 Å². The van der Waals surface area contributed by atoms with E-state index in [1.807, 2.05) is 6.07 Å². The predicted molar refractivity (Wildman–Crippen MR) is 68.4 cm³/mol. The van der Waals surface area contributed by atoms with Crippen LogP contribution in [0.5, 0.6) is 0 Å². The number of carbonyl (C=O) groups excluding carboxylic acids is 1. The molecule has 0 radical (unpaired) electrons. The van der Waals surface area contributed by atoms with E-state index in [-0.39, 0.29) is 6.04 Å². The second-order valence-corrected chi connectivity index (χ2v) is 4.97. The van der Waals surface area contributed by atoms with Crippen molar-refractivity contribution in [2.24, 2.45) is 0 Å². The van der Waals surface area contributed by atoms with Crippen molar-refractivity contribution >= 4 is 28.0 Å². The molecule has 0 bridgehead atoms. The Morgan fingerprint density at radius 3 is 3.12 bits per heavy atom. The Bertz CT molecular complexity index is 395. The maximum Gasteiger partial charge on any atom is 0.207 e. The third kappa shape index (κ3) is 2.21. The summed E-state index contributed by atoms with van der Waals surface area (Å²) >= 11 is 3.46. The molecule has 16 heavy (non-hydrogen) atoms. The monoisotopic (exact) mass is 282 g/mol. The Labute approximate surface area is 104 Å². The maximum absolute atomic E-state index is 10.6. The van der Waals surface area contributed by atoms with E-state index < -0.39 is 0 Å². The largest absolute Gasteiger partial charge is 0.382 e. The van der Waals surface area contributed by atoms with Crippen LogP contribution in [0, 0.1) is 0 Å². The minimum Gasteiger partial charge on any atom is -0.382 e. The Balaban J connectivity index is 2.34. The van der Waals surface area contributed by atoms with Crippen molar-refractivity contribution in [3.63, 3.8) is 0 Å². The van der Waals surface area contributed by atoms with E-state index >= 15 is 0 Å². The van der Waals surface area contributed by atoms with E-state index in [2.05, 4.69) is 45.6 Å². The lowest BCUT2D eigenvalue weighted by atomic mass is 9.92. The van der Waals surface area contributed by atoms with Gasteiger partial charge in [-0.05, 0) is 36.6 Å². The summed E-state index contributed by atoms with van der Waals surface area (Å²) in [4.78, 5) is 10.6. The number of fused-ring (bicyclic) bond motifs is 1. The average molecular weight is 283 g/mol. The van der Waals surface area contributed by atoms with E-state index in [1.165, 1.54) is 0 Å². The van der Waals surface area contributed by atoms with Crippen LogP contribution < -0.4 is 10.6 Å². The molecule has 2 rings (SSSR count). The van der Waals surface area contributed by atoms with Gasteiger partial charge in [0.1, 0.15) is 0 Å². The fraction of sp³-hybridized carbons (Fsp3) is 0.417. The lowest BCUT2D eigenvalue weighted by molar-refractivity contribution is -0.110. The molecule has 0 aromatic heterocycles. The highest BCUT2D eigenvalue weighted by molar-refractivity contribution is 9.10. The van der Waals surface area contributed by atoms with E-state index in [0.717, 1.165) is 35.0 Å². The number of nitrogens with one attached hydrogen (secondary N) is 2. The van der Waals surface area contributed by atoms with Crippen LogP contribution >= 0.6 is 15.9 Å². The van der Waals surface area contributed by atoms with Gasteiger partial charge in [0.25, 0.3) is 0 Å². The molecule has 2 unspecified atom stereocenters. The smallest absolute Gasteiger partial charge is 0.207 e. The number of anilines is 1. The topological polar surface area (TPSA) is 41.1 Å². The van der Waals surface area contributed by atoms with Crippen molar-refractivity contribution in [3.8, 4) is 0 Å². The number of hydrogen-bond donors (Lipinski definition) is 2. The molecule has 2 N–H and O–H groups in total. The minimum absolute atomic E-state index is 0.121. The van der Waals surface area contributed by atoms with Gasteiger partial charge in [0.15, 0.2) is 0 Å². The SMILES string of the molecule is CCC1CC(NC=O)c2cc(Br)ccc2N1. The van der Waals surface area contributed by atoms with Gasteiger partial charge >= 0.3 is 0 Å². The van der Waals surface area contributed by atoms with Crippen molar-refractivity contribution in [3.05, 3.63) is 28.2 Å². The molecule has 1 amide bonds. The number of amides is 1. The average Bonchev–Trinajstić information content (AvgIpc) is 2.30. The summed E-state index contributed by atoms with van der Waals surface area (Å²) in [5, 5.41) is 6.38. The van der Waals surface area contributed by atoms with Crippen LogP contribution in [0.3, 0.4) is 0 Å². The van der Waals surface area contributed by atoms with Crippen LogP contribution in [-0.4, -0.2) is 12.5 Å². The molecule has 1 aromatic rings. The van der Waals surface area contributed by atoms with Crippen molar-refractivity contribution in [1.29, 1.82) is 0 Å². The first-order valence-electron chi connectivity index (χ1n) is 5.50. The lowest BCUT2D eigenvalue weighted by Gasteiger charge is -2.32. The third-order valence-electron chi connectivity index (χ3n) is 3.03. The second kappa shape index (κ2) is 4.87. The molecule has 0 fully saturated rings. The highest BCUT2D eigenvalue weighted by atomic mass is 79.9. The fourth-order valence-electron chi connectivity index (χ4n) is 2.15. The van der Waals surface area contributed by atoms with Crippen molar-refractivity contribution in [2.45, 2.75) is 31.8 Å². The molecule has 0 saturated carbocycles. The van der Waals surface area contributed by atoms with Gasteiger partial charge in [-0.2, -0.15) is 0 Å². The highest BCUT2D eigenvalue weighted by Gasteiger charge is 2.25. The van der Waals surface area contributed by atoms with Gasteiger partial charge in [0.2, 0.25) is 6.41 Å². The zero-order chi connectivity index (χ0) is 11.5. The molecule has 86 valence electrons. The van der Waals surface area contributed by atoms with Crippen molar-refractivity contribution in [2.75, 3.05) is 5.32 Å². The van der Waals surface area contributed by atoms with Gasteiger partial charge in [0, 0.05) is 16.2 Å². The summed E-state index contributed by atoms with van der Waals surface area (Å²) < 4.78 is 1.04. The lowest BCUT2D eigenvalue weighted by Crippen LogP contribution is -2.33. The van der Waals surface area contributed by atoms with Gasteiger partial charge in [-0.1, -0.05) is 22.9 Å². The van der Waals surface area contributed by atoms with Crippen LogP contribution in [0.1, 0.15) is 31.4 Å². The first-order valence-corrected chi connectivity index (χ1v) is 6.29. The molecule has 2 atom stereocenters. The number of benzene rings is 1. The highest BCUT2D eigenvalue weighted by Crippen LogP contribution is 2.34. The van der Waals surface area contributed by atoms with Crippen molar-refractivity contribution in [1.82, 2.24) is 5.32 Å². The summed E-state index contributed by atoms with van der Waals surface area (Å²) in [6.07, 6.45) is 2.79. The Morgan fingerprint density at radius 2 is 2.44 bits per heavy atom. The van der Waals surface area contributed by atoms with Crippen LogP contribution in [-0.2, 0) is 4.79 Å². The van der Waals surface area contributed by atoms with Crippen molar-refractivity contribution < 1.29 is 4.79 Å². The fourth-order valence-corrected chi connectivity index (χ4v) is 2.53. The van der Waals surface area contributed by atoms with E-state index in [4.69, 9.17) is 0 Å². The van der Waals surface area contributed by atoms with Gasteiger partial charge in [-0.25, -0.2) is 0 Å². The zero-order valence-electron chi connectivity index (χ0n) is 9.16. The Hall–Kier alpha value is -1.03. The molecule has 0 aliphatic carbocycles. The number of hydrogen-bond acceptors (Lipinski definition) is 2. The Morgan fingerprint density at radius 1 is 1.62 bits per heavy atom. The molecular weight excluding hydrogens is 268 g/mol. The summed E-state index contributed by atoms with van der Waals surface area (Å²) in [6, 6.07) is 6.69. The molecule has 0 saturated heterocycles. The molecule has 4 heteroatoms. The summed E-state index contributed by atoms with van der Waals surface area (Å²) in [5.74, 6) is 0. The van der Waals surface area contributed by atoms with Crippen LogP contribution in [0.2, 0.25) is 0 Å². The first-order chi connectivity index (χ1) is 7.74. The van der Waals surface area contributed by atoms with Gasteiger partial charge in [-0.15, -0.1) is 0 Å². The quantitative estimate of drug-likeness (QED) is 0.837. The van der Waals surface area contributed by atoms with E-state index in [0.29, 0.717) is 6.04 Å². The van der Waals surface area contributed by atoms with Crippen LogP contribution in [0.25, 0.3) is 0 Å². The van der Waals surface area contributed by atoms with Gasteiger partial charge in [-0.3, -0.25) is 4.79 Å². The van der Waals surface area contributed by atoms with Gasteiger partial charge in [0.05, 0.1) is 6.04 Å². The molecule has 1 heterocycles. The van der Waals surface area contributed by atoms with Crippen LogP contribution in [0.15, 0.2) is 22.7 Å². The first kappa shape index (κ1) is 11.5. The second-order valence-electron chi connectivity index (χ2n) is 4.05. The maximum atomic E-state index is 10.6. The third-order valence-corrected chi connectivity index (χ3v) is 3.52. The molecule has 1 aromatic carbocycles. The number of rotatable bonds is 3. The molecule has 1 aliphatic rings. The summed E-state index contributed by atoms with van der Waals surface area (Å²) in [6.45, 7) is 2.15. The molecule has 3 nitrogen and oxygen atoms in total. The molecule has 0 spiro atoms. The van der Waals surface area contributed by atoms with E-state index in [1.54, 1.807) is 0 Å².